The van der Waals surface area contributed by atoms with Crippen molar-refractivity contribution in [1.82, 2.24) is 14.5 Å². The van der Waals surface area contributed by atoms with Crippen molar-refractivity contribution in [2.24, 2.45) is 0 Å². The van der Waals surface area contributed by atoms with Crippen LogP contribution >= 0.6 is 0 Å². The van der Waals surface area contributed by atoms with Crippen LogP contribution in [0, 0.1) is 0 Å². The molecule has 144 valence electrons. The molecule has 7 heteroatoms. The summed E-state index contributed by atoms with van der Waals surface area (Å²) in [5.41, 5.74) is 2.18. The standard InChI is InChI=1S/C21H23N5O2/c1-24-10-12-25(13-11-24)19-9-5-4-8-18(19)23-20(27)14-26-15-22-17-7-3-2-6-16(17)21(26)28/h2-9,15H,10-14H2,1H3,(H,23,27). The molecular formula is C21H23N5O2. The van der Waals surface area contributed by atoms with Crippen molar-refractivity contribution in [3.8, 4) is 0 Å². The average molecular weight is 377 g/mol. The maximum absolute atomic E-state index is 12.6. The lowest BCUT2D eigenvalue weighted by atomic mass is 10.2. The highest BCUT2D eigenvalue weighted by Gasteiger charge is 2.18. The van der Waals surface area contributed by atoms with Gasteiger partial charge in [-0.3, -0.25) is 14.2 Å². The highest BCUT2D eigenvalue weighted by atomic mass is 16.2. The van der Waals surface area contributed by atoms with Crippen LogP contribution in [0.15, 0.2) is 59.7 Å². The first-order valence-electron chi connectivity index (χ1n) is 9.38. The molecule has 2 heterocycles. The number of amides is 1. The lowest BCUT2D eigenvalue weighted by molar-refractivity contribution is -0.116. The Hall–Kier alpha value is -3.19. The predicted molar refractivity (Wildman–Crippen MR) is 111 cm³/mol. The Kier molecular flexibility index (Phi) is 5.08. The number of hydrogen-bond donors (Lipinski definition) is 1. The second-order valence-corrected chi connectivity index (χ2v) is 7.05. The first-order valence-corrected chi connectivity index (χ1v) is 9.38. The van der Waals surface area contributed by atoms with E-state index in [-0.39, 0.29) is 18.0 Å². The van der Waals surface area contributed by atoms with Crippen molar-refractivity contribution >= 4 is 28.2 Å². The fourth-order valence-electron chi connectivity index (χ4n) is 3.47. The van der Waals surface area contributed by atoms with E-state index in [4.69, 9.17) is 0 Å². The second-order valence-electron chi connectivity index (χ2n) is 7.05. The van der Waals surface area contributed by atoms with E-state index in [1.165, 1.54) is 10.9 Å². The molecule has 0 radical (unpaired) electrons. The van der Waals surface area contributed by atoms with Crippen molar-refractivity contribution < 1.29 is 4.79 Å². The number of fused-ring (bicyclic) bond motifs is 1. The van der Waals surface area contributed by atoms with E-state index in [0.717, 1.165) is 37.6 Å². The van der Waals surface area contributed by atoms with Crippen LogP contribution in [0.25, 0.3) is 10.9 Å². The van der Waals surface area contributed by atoms with Gasteiger partial charge in [-0.2, -0.15) is 0 Å². The molecule has 1 fully saturated rings. The Bertz CT molecular complexity index is 1050. The largest absolute Gasteiger partial charge is 0.367 e. The van der Waals surface area contributed by atoms with Crippen LogP contribution in [0.5, 0.6) is 0 Å². The number of carbonyl (C=O) groups excluding carboxylic acids is 1. The third-order valence-corrected chi connectivity index (χ3v) is 5.07. The van der Waals surface area contributed by atoms with E-state index in [1.807, 2.05) is 30.3 Å². The van der Waals surface area contributed by atoms with Crippen LogP contribution in [-0.2, 0) is 11.3 Å². The molecule has 0 aliphatic carbocycles. The van der Waals surface area contributed by atoms with Crippen molar-refractivity contribution in [3.63, 3.8) is 0 Å². The molecule has 4 rings (SSSR count). The van der Waals surface area contributed by atoms with Crippen molar-refractivity contribution in [2.45, 2.75) is 6.54 Å². The van der Waals surface area contributed by atoms with Gasteiger partial charge in [0.05, 0.1) is 28.6 Å². The summed E-state index contributed by atoms with van der Waals surface area (Å²) in [4.78, 5) is 34.1. The molecule has 28 heavy (non-hydrogen) atoms. The number of rotatable bonds is 4. The Morgan fingerprint density at radius 1 is 1.04 bits per heavy atom. The summed E-state index contributed by atoms with van der Waals surface area (Å²) in [6, 6.07) is 14.9. The number of likely N-dealkylation sites (N-methyl/N-ethyl adjacent to an activating group) is 1. The van der Waals surface area contributed by atoms with Gasteiger partial charge in [-0.05, 0) is 31.3 Å². The summed E-state index contributed by atoms with van der Waals surface area (Å²) in [5.74, 6) is -0.249. The minimum atomic E-state index is -0.249. The molecule has 1 N–H and O–H groups in total. The summed E-state index contributed by atoms with van der Waals surface area (Å²) < 4.78 is 1.34. The second kappa shape index (κ2) is 7.82. The first-order chi connectivity index (χ1) is 13.6. The molecule has 0 bridgehead atoms. The Morgan fingerprint density at radius 2 is 1.75 bits per heavy atom. The molecule has 3 aromatic rings. The van der Waals surface area contributed by atoms with Gasteiger partial charge in [0, 0.05) is 26.2 Å². The van der Waals surface area contributed by atoms with Gasteiger partial charge in [0.25, 0.3) is 5.56 Å². The normalized spacial score (nSPS) is 15.0. The number of aromatic nitrogens is 2. The maximum atomic E-state index is 12.6. The van der Waals surface area contributed by atoms with Crippen LogP contribution in [0.3, 0.4) is 0 Å². The Labute approximate surface area is 163 Å². The average Bonchev–Trinajstić information content (AvgIpc) is 2.71. The first kappa shape index (κ1) is 18.2. The van der Waals surface area contributed by atoms with Crippen LogP contribution < -0.4 is 15.8 Å². The summed E-state index contributed by atoms with van der Waals surface area (Å²) in [5, 5.41) is 3.47. The predicted octanol–water partition coefficient (Wildman–Crippen LogP) is 1.79. The van der Waals surface area contributed by atoms with Gasteiger partial charge < -0.3 is 15.1 Å². The van der Waals surface area contributed by atoms with Crippen LogP contribution in [-0.4, -0.2) is 53.6 Å². The molecule has 2 aromatic carbocycles. The highest BCUT2D eigenvalue weighted by molar-refractivity contribution is 5.94. The molecule has 0 saturated carbocycles. The number of benzene rings is 2. The van der Waals surface area contributed by atoms with Gasteiger partial charge in [-0.15, -0.1) is 0 Å². The van der Waals surface area contributed by atoms with Gasteiger partial charge >= 0.3 is 0 Å². The molecule has 1 saturated heterocycles. The number of para-hydroxylation sites is 3. The lowest BCUT2D eigenvalue weighted by Gasteiger charge is -2.35. The third kappa shape index (κ3) is 3.75. The Balaban J connectivity index is 1.52. The Morgan fingerprint density at radius 3 is 2.57 bits per heavy atom. The SMILES string of the molecule is CN1CCN(c2ccccc2NC(=O)Cn2cnc3ccccc3c2=O)CC1. The van der Waals surface area contributed by atoms with E-state index >= 15 is 0 Å². The van der Waals surface area contributed by atoms with E-state index in [2.05, 4.69) is 27.1 Å². The zero-order chi connectivity index (χ0) is 19.5. The topological polar surface area (TPSA) is 70.5 Å². The number of anilines is 2. The van der Waals surface area contributed by atoms with Crippen molar-refractivity contribution in [3.05, 3.63) is 65.2 Å². The number of piperazine rings is 1. The van der Waals surface area contributed by atoms with Gasteiger partial charge in [0.2, 0.25) is 5.91 Å². The third-order valence-electron chi connectivity index (χ3n) is 5.07. The van der Waals surface area contributed by atoms with Crippen molar-refractivity contribution in [1.29, 1.82) is 0 Å². The number of nitrogens with zero attached hydrogens (tertiary/aromatic N) is 4. The van der Waals surface area contributed by atoms with E-state index in [9.17, 15) is 9.59 Å². The molecule has 0 atom stereocenters. The van der Waals surface area contributed by atoms with Crippen molar-refractivity contribution in [2.75, 3.05) is 43.4 Å². The fraction of sp³-hybridized carbons (Fsp3) is 0.286. The number of carbonyl (C=O) groups is 1. The molecular weight excluding hydrogens is 354 g/mol. The van der Waals surface area contributed by atoms with Gasteiger partial charge in [-0.25, -0.2) is 4.98 Å². The lowest BCUT2D eigenvalue weighted by Crippen LogP contribution is -2.44. The van der Waals surface area contributed by atoms with Gasteiger partial charge in [0.15, 0.2) is 0 Å². The minimum Gasteiger partial charge on any atom is -0.367 e. The quantitative estimate of drug-likeness (QED) is 0.751. The van der Waals surface area contributed by atoms with Crippen LogP contribution in [0.2, 0.25) is 0 Å². The zero-order valence-electron chi connectivity index (χ0n) is 15.8. The molecule has 0 spiro atoms. The smallest absolute Gasteiger partial charge is 0.261 e. The molecule has 7 nitrogen and oxygen atoms in total. The minimum absolute atomic E-state index is 0.0757. The number of nitrogens with one attached hydrogen (secondary N) is 1. The summed E-state index contributed by atoms with van der Waals surface area (Å²) in [6.45, 7) is 3.73. The summed E-state index contributed by atoms with van der Waals surface area (Å²) >= 11 is 0. The van der Waals surface area contributed by atoms with Crippen LogP contribution in [0.1, 0.15) is 0 Å². The molecule has 1 aromatic heterocycles. The fourth-order valence-corrected chi connectivity index (χ4v) is 3.47. The summed E-state index contributed by atoms with van der Waals surface area (Å²) in [6.07, 6.45) is 1.43. The molecule has 1 aliphatic rings. The molecule has 1 amide bonds. The van der Waals surface area contributed by atoms with E-state index in [0.29, 0.717) is 10.9 Å². The monoisotopic (exact) mass is 377 g/mol. The molecule has 0 unspecified atom stereocenters. The van der Waals surface area contributed by atoms with E-state index < -0.39 is 0 Å². The highest BCUT2D eigenvalue weighted by Crippen LogP contribution is 2.26. The summed E-state index contributed by atoms with van der Waals surface area (Å²) in [7, 11) is 2.11. The molecule has 1 aliphatic heterocycles. The van der Waals surface area contributed by atoms with Crippen LogP contribution in [0.4, 0.5) is 11.4 Å². The number of hydrogen-bond acceptors (Lipinski definition) is 5. The van der Waals surface area contributed by atoms with Gasteiger partial charge in [-0.1, -0.05) is 24.3 Å². The zero-order valence-corrected chi connectivity index (χ0v) is 15.8. The maximum Gasteiger partial charge on any atom is 0.261 e. The van der Waals surface area contributed by atoms with Gasteiger partial charge in [0.1, 0.15) is 6.54 Å². The van der Waals surface area contributed by atoms with E-state index in [1.54, 1.807) is 18.2 Å².